The topological polar surface area (TPSA) is 51.5 Å². The van der Waals surface area contributed by atoms with Gasteiger partial charge in [0.1, 0.15) is 11.5 Å². The van der Waals surface area contributed by atoms with Gasteiger partial charge in [0, 0.05) is 5.56 Å². The molecule has 0 aliphatic carbocycles. The summed E-state index contributed by atoms with van der Waals surface area (Å²) in [4.78, 5) is 11.7. The molecule has 1 aromatic heterocycles. The SMILES string of the molecule is CCCCCCCNCc1ccc(-c2ccc(C(=O)OCC)cc2)o1. The minimum Gasteiger partial charge on any atom is -0.462 e. The fourth-order valence-corrected chi connectivity index (χ4v) is 2.68. The molecule has 0 amide bonds. The van der Waals surface area contributed by atoms with Crippen molar-refractivity contribution in [1.29, 1.82) is 0 Å². The van der Waals surface area contributed by atoms with Gasteiger partial charge in [-0.1, -0.05) is 44.7 Å². The van der Waals surface area contributed by atoms with Crippen molar-refractivity contribution in [3.8, 4) is 11.3 Å². The van der Waals surface area contributed by atoms with Crippen LogP contribution in [-0.4, -0.2) is 19.1 Å². The summed E-state index contributed by atoms with van der Waals surface area (Å²) in [6.45, 7) is 6.18. The second-order valence-corrected chi connectivity index (χ2v) is 6.15. The van der Waals surface area contributed by atoms with E-state index in [2.05, 4.69) is 12.2 Å². The zero-order valence-electron chi connectivity index (χ0n) is 15.3. The Labute approximate surface area is 150 Å². The highest BCUT2D eigenvalue weighted by Crippen LogP contribution is 2.22. The predicted molar refractivity (Wildman–Crippen MR) is 101 cm³/mol. The van der Waals surface area contributed by atoms with E-state index in [0.29, 0.717) is 12.2 Å². The molecule has 2 aromatic rings. The van der Waals surface area contributed by atoms with Crippen LogP contribution in [0.1, 0.15) is 62.1 Å². The number of ether oxygens (including phenoxy) is 1. The Morgan fingerprint density at radius 2 is 1.76 bits per heavy atom. The Morgan fingerprint density at radius 3 is 2.48 bits per heavy atom. The lowest BCUT2D eigenvalue weighted by molar-refractivity contribution is 0.0526. The van der Waals surface area contributed by atoms with Crippen molar-refractivity contribution in [2.75, 3.05) is 13.2 Å². The standard InChI is InChI=1S/C21H29NO3/c1-3-5-6-7-8-15-22-16-19-13-14-20(25-19)17-9-11-18(12-10-17)21(23)24-4-2/h9-14,22H,3-8,15-16H2,1-2H3. The molecule has 0 bridgehead atoms. The molecule has 0 spiro atoms. The molecular weight excluding hydrogens is 314 g/mol. The van der Waals surface area contributed by atoms with Gasteiger partial charge < -0.3 is 14.5 Å². The summed E-state index contributed by atoms with van der Waals surface area (Å²) < 4.78 is 10.9. The molecule has 0 radical (unpaired) electrons. The molecule has 4 nitrogen and oxygen atoms in total. The van der Waals surface area contributed by atoms with Crippen molar-refractivity contribution in [3.05, 3.63) is 47.7 Å². The maximum absolute atomic E-state index is 11.7. The van der Waals surface area contributed by atoms with Gasteiger partial charge in [0.25, 0.3) is 0 Å². The van der Waals surface area contributed by atoms with Crippen molar-refractivity contribution >= 4 is 5.97 Å². The number of furan rings is 1. The molecule has 0 saturated heterocycles. The summed E-state index contributed by atoms with van der Waals surface area (Å²) in [6, 6.07) is 11.3. The Bertz CT molecular complexity index is 631. The number of rotatable bonds is 11. The number of esters is 1. The second-order valence-electron chi connectivity index (χ2n) is 6.15. The van der Waals surface area contributed by atoms with Gasteiger partial charge in [-0.25, -0.2) is 4.79 Å². The maximum Gasteiger partial charge on any atom is 0.338 e. The number of carbonyl (C=O) groups excluding carboxylic acids is 1. The monoisotopic (exact) mass is 343 g/mol. The number of unbranched alkanes of at least 4 members (excludes halogenated alkanes) is 4. The average Bonchev–Trinajstić information content (AvgIpc) is 3.10. The average molecular weight is 343 g/mol. The summed E-state index contributed by atoms with van der Waals surface area (Å²) in [7, 11) is 0. The Morgan fingerprint density at radius 1 is 1.00 bits per heavy atom. The molecular formula is C21H29NO3. The molecule has 0 atom stereocenters. The lowest BCUT2D eigenvalue weighted by Crippen LogP contribution is -2.14. The van der Waals surface area contributed by atoms with E-state index in [-0.39, 0.29) is 5.97 Å². The normalized spacial score (nSPS) is 10.8. The molecule has 1 aromatic carbocycles. The molecule has 2 rings (SSSR count). The Kier molecular flexibility index (Phi) is 8.26. The zero-order valence-corrected chi connectivity index (χ0v) is 15.3. The first kappa shape index (κ1) is 19.3. The van der Waals surface area contributed by atoms with Crippen LogP contribution in [0.25, 0.3) is 11.3 Å². The zero-order chi connectivity index (χ0) is 17.9. The van der Waals surface area contributed by atoms with E-state index in [1.807, 2.05) is 24.3 Å². The van der Waals surface area contributed by atoms with E-state index in [1.165, 1.54) is 32.1 Å². The van der Waals surface area contributed by atoms with E-state index in [0.717, 1.165) is 30.2 Å². The largest absolute Gasteiger partial charge is 0.462 e. The van der Waals surface area contributed by atoms with Gasteiger partial charge in [0.2, 0.25) is 0 Å². The maximum atomic E-state index is 11.7. The molecule has 4 heteroatoms. The van der Waals surface area contributed by atoms with Gasteiger partial charge in [-0.15, -0.1) is 0 Å². The van der Waals surface area contributed by atoms with Crippen LogP contribution in [0.5, 0.6) is 0 Å². The van der Waals surface area contributed by atoms with Gasteiger partial charge in [-0.05, 0) is 44.2 Å². The molecule has 0 fully saturated rings. The molecule has 0 unspecified atom stereocenters. The molecule has 1 N–H and O–H groups in total. The molecule has 136 valence electrons. The quantitative estimate of drug-likeness (QED) is 0.451. The Hall–Kier alpha value is -2.07. The van der Waals surface area contributed by atoms with E-state index in [9.17, 15) is 4.79 Å². The second kappa shape index (κ2) is 10.7. The first-order chi connectivity index (χ1) is 12.2. The van der Waals surface area contributed by atoms with Crippen molar-refractivity contribution < 1.29 is 13.9 Å². The number of benzene rings is 1. The van der Waals surface area contributed by atoms with Crippen LogP contribution in [0.2, 0.25) is 0 Å². The summed E-state index contributed by atoms with van der Waals surface area (Å²) in [5.41, 5.74) is 1.51. The van der Waals surface area contributed by atoms with Gasteiger partial charge in [-0.3, -0.25) is 0 Å². The van der Waals surface area contributed by atoms with Crippen molar-refractivity contribution in [2.45, 2.75) is 52.5 Å². The van der Waals surface area contributed by atoms with Crippen LogP contribution in [0, 0.1) is 0 Å². The third kappa shape index (κ3) is 6.39. The lowest BCUT2D eigenvalue weighted by Gasteiger charge is -2.04. The van der Waals surface area contributed by atoms with Crippen LogP contribution in [0.3, 0.4) is 0 Å². The van der Waals surface area contributed by atoms with Crippen LogP contribution >= 0.6 is 0 Å². The third-order valence-corrected chi connectivity index (χ3v) is 4.10. The first-order valence-corrected chi connectivity index (χ1v) is 9.31. The highest BCUT2D eigenvalue weighted by atomic mass is 16.5. The first-order valence-electron chi connectivity index (χ1n) is 9.31. The van der Waals surface area contributed by atoms with Gasteiger partial charge in [0.15, 0.2) is 0 Å². The summed E-state index contributed by atoms with van der Waals surface area (Å²) in [5.74, 6) is 1.45. The Balaban J connectivity index is 1.79. The third-order valence-electron chi connectivity index (χ3n) is 4.10. The van der Waals surface area contributed by atoms with Crippen LogP contribution in [0.4, 0.5) is 0 Å². The van der Waals surface area contributed by atoms with Crippen molar-refractivity contribution in [3.63, 3.8) is 0 Å². The minimum atomic E-state index is -0.294. The minimum absolute atomic E-state index is 0.294. The predicted octanol–water partition coefficient (Wildman–Crippen LogP) is 5.18. The fourth-order valence-electron chi connectivity index (χ4n) is 2.68. The van der Waals surface area contributed by atoms with Gasteiger partial charge >= 0.3 is 5.97 Å². The highest BCUT2D eigenvalue weighted by molar-refractivity contribution is 5.89. The van der Waals surface area contributed by atoms with E-state index in [1.54, 1.807) is 19.1 Å². The number of nitrogens with one attached hydrogen (secondary N) is 1. The molecule has 1 heterocycles. The summed E-state index contributed by atoms with van der Waals surface area (Å²) in [5, 5.41) is 3.43. The van der Waals surface area contributed by atoms with Crippen LogP contribution < -0.4 is 5.32 Å². The van der Waals surface area contributed by atoms with E-state index in [4.69, 9.17) is 9.15 Å². The van der Waals surface area contributed by atoms with Crippen LogP contribution in [-0.2, 0) is 11.3 Å². The lowest BCUT2D eigenvalue weighted by atomic mass is 10.1. The van der Waals surface area contributed by atoms with Gasteiger partial charge in [-0.2, -0.15) is 0 Å². The van der Waals surface area contributed by atoms with Crippen molar-refractivity contribution in [1.82, 2.24) is 5.32 Å². The number of carbonyl (C=O) groups is 1. The molecule has 0 aliphatic heterocycles. The highest BCUT2D eigenvalue weighted by Gasteiger charge is 2.08. The molecule has 0 saturated carbocycles. The number of hydrogen-bond donors (Lipinski definition) is 1. The molecule has 25 heavy (non-hydrogen) atoms. The van der Waals surface area contributed by atoms with E-state index >= 15 is 0 Å². The summed E-state index contributed by atoms with van der Waals surface area (Å²) >= 11 is 0. The van der Waals surface area contributed by atoms with Gasteiger partial charge in [0.05, 0.1) is 18.7 Å². The van der Waals surface area contributed by atoms with Crippen LogP contribution in [0.15, 0.2) is 40.8 Å². The smallest absolute Gasteiger partial charge is 0.338 e. The fraction of sp³-hybridized carbons (Fsp3) is 0.476. The number of hydrogen-bond acceptors (Lipinski definition) is 4. The molecule has 0 aliphatic rings. The van der Waals surface area contributed by atoms with Crippen molar-refractivity contribution in [2.24, 2.45) is 0 Å². The van der Waals surface area contributed by atoms with E-state index < -0.39 is 0 Å². The summed E-state index contributed by atoms with van der Waals surface area (Å²) in [6.07, 6.45) is 6.44.